The van der Waals surface area contributed by atoms with E-state index in [1.807, 2.05) is 24.3 Å². The molecule has 2 heterocycles. The number of H-pyrrole nitrogens is 1. The van der Waals surface area contributed by atoms with Crippen LogP contribution in [0.4, 0.5) is 0 Å². The summed E-state index contributed by atoms with van der Waals surface area (Å²) in [5.41, 5.74) is 0.934. The molecule has 9 heteroatoms. The number of hydrogen-bond donors (Lipinski definition) is 3. The number of thiophene rings is 1. The van der Waals surface area contributed by atoms with E-state index in [9.17, 15) is 0 Å². The second kappa shape index (κ2) is 10.3. The van der Waals surface area contributed by atoms with E-state index < -0.39 is 0 Å². The number of aliphatic imine (C=N–C) groups is 1. The lowest BCUT2D eigenvalue weighted by Crippen LogP contribution is -2.36. The highest BCUT2D eigenvalue weighted by Gasteiger charge is 2.07. The molecule has 0 aliphatic heterocycles. The van der Waals surface area contributed by atoms with Gasteiger partial charge in [-0.15, -0.1) is 35.3 Å². The first-order valence-corrected chi connectivity index (χ1v) is 9.05. The second-order valence-electron chi connectivity index (χ2n) is 5.63. The van der Waals surface area contributed by atoms with Crippen molar-refractivity contribution in [1.29, 1.82) is 0 Å². The van der Waals surface area contributed by atoms with Gasteiger partial charge in [0.1, 0.15) is 11.6 Å². The van der Waals surface area contributed by atoms with E-state index in [1.54, 1.807) is 25.5 Å². The standard InChI is InChI=1S/C18H22N6OS.HI/c1-12-4-9-15(26-12)10-20-18(19-2)21-11-16-22-17(24-23-16)13-5-7-14(25-3)8-6-13;/h4-9H,10-11H2,1-3H3,(H2,19,20,21)(H,22,23,24);1H. The highest BCUT2D eigenvalue weighted by molar-refractivity contribution is 14.0. The molecule has 0 unspecified atom stereocenters. The maximum atomic E-state index is 5.17. The monoisotopic (exact) mass is 498 g/mol. The molecule has 0 saturated carbocycles. The van der Waals surface area contributed by atoms with Gasteiger partial charge in [0.25, 0.3) is 0 Å². The Morgan fingerprint density at radius 2 is 1.89 bits per heavy atom. The molecule has 3 rings (SSSR count). The summed E-state index contributed by atoms with van der Waals surface area (Å²) in [5, 5.41) is 13.7. The van der Waals surface area contributed by atoms with Crippen molar-refractivity contribution in [3.8, 4) is 17.1 Å². The lowest BCUT2D eigenvalue weighted by molar-refractivity contribution is 0.415. The van der Waals surface area contributed by atoms with Crippen molar-refractivity contribution in [2.75, 3.05) is 14.2 Å². The number of aromatic amines is 1. The minimum atomic E-state index is 0. The summed E-state index contributed by atoms with van der Waals surface area (Å²) >= 11 is 1.78. The van der Waals surface area contributed by atoms with Gasteiger partial charge in [0.15, 0.2) is 11.8 Å². The summed E-state index contributed by atoms with van der Waals surface area (Å²) in [6.45, 7) is 3.35. The summed E-state index contributed by atoms with van der Waals surface area (Å²) in [5.74, 6) is 2.92. The molecule has 0 aliphatic rings. The number of benzene rings is 1. The maximum absolute atomic E-state index is 5.17. The van der Waals surface area contributed by atoms with Gasteiger partial charge in [-0.25, -0.2) is 4.98 Å². The molecule has 0 spiro atoms. The number of rotatable bonds is 6. The molecule has 3 N–H and O–H groups in total. The SMILES string of the molecule is CN=C(NCc1nc(-c2ccc(OC)cc2)n[nH]1)NCc1ccc(C)s1.I. The quantitative estimate of drug-likeness (QED) is 0.276. The number of methoxy groups -OCH3 is 1. The molecule has 0 fully saturated rings. The minimum absolute atomic E-state index is 0. The zero-order valence-electron chi connectivity index (χ0n) is 15.4. The number of hydrogen-bond acceptors (Lipinski definition) is 5. The molecule has 0 amide bonds. The maximum Gasteiger partial charge on any atom is 0.191 e. The van der Waals surface area contributed by atoms with Gasteiger partial charge in [-0.05, 0) is 43.3 Å². The average molecular weight is 498 g/mol. The second-order valence-corrected chi connectivity index (χ2v) is 7.00. The van der Waals surface area contributed by atoms with Crippen LogP contribution >= 0.6 is 35.3 Å². The number of aryl methyl sites for hydroxylation is 1. The minimum Gasteiger partial charge on any atom is -0.497 e. The van der Waals surface area contributed by atoms with Gasteiger partial charge < -0.3 is 15.4 Å². The van der Waals surface area contributed by atoms with Crippen LogP contribution in [0.3, 0.4) is 0 Å². The van der Waals surface area contributed by atoms with Crippen molar-refractivity contribution in [1.82, 2.24) is 25.8 Å². The summed E-state index contributed by atoms with van der Waals surface area (Å²) in [6, 6.07) is 11.9. The Morgan fingerprint density at radius 1 is 1.15 bits per heavy atom. The van der Waals surface area contributed by atoms with Crippen LogP contribution < -0.4 is 15.4 Å². The molecular weight excluding hydrogens is 475 g/mol. The Morgan fingerprint density at radius 3 is 2.52 bits per heavy atom. The van der Waals surface area contributed by atoms with Gasteiger partial charge in [0, 0.05) is 22.4 Å². The third-order valence-electron chi connectivity index (χ3n) is 3.75. The first-order valence-electron chi connectivity index (χ1n) is 8.23. The van der Waals surface area contributed by atoms with Gasteiger partial charge in [0.05, 0.1) is 20.2 Å². The van der Waals surface area contributed by atoms with Crippen molar-refractivity contribution in [2.24, 2.45) is 4.99 Å². The first-order chi connectivity index (χ1) is 12.7. The molecule has 3 aromatic rings. The van der Waals surface area contributed by atoms with E-state index in [-0.39, 0.29) is 24.0 Å². The van der Waals surface area contributed by atoms with Crippen molar-refractivity contribution >= 4 is 41.3 Å². The summed E-state index contributed by atoms with van der Waals surface area (Å²) in [4.78, 5) is 11.3. The average Bonchev–Trinajstić information content (AvgIpc) is 3.31. The highest BCUT2D eigenvalue weighted by atomic mass is 127. The molecule has 27 heavy (non-hydrogen) atoms. The van der Waals surface area contributed by atoms with Crippen LogP contribution in [0.1, 0.15) is 15.6 Å². The lowest BCUT2D eigenvalue weighted by Gasteiger charge is -2.09. The third-order valence-corrected chi connectivity index (χ3v) is 4.75. The molecule has 0 bridgehead atoms. The van der Waals surface area contributed by atoms with E-state index in [0.717, 1.165) is 29.6 Å². The van der Waals surface area contributed by atoms with Gasteiger partial charge in [0.2, 0.25) is 0 Å². The first kappa shape index (κ1) is 21.2. The number of aromatic nitrogens is 3. The molecule has 144 valence electrons. The fraction of sp³-hybridized carbons (Fsp3) is 0.278. The highest BCUT2D eigenvalue weighted by Crippen LogP contribution is 2.19. The molecule has 7 nitrogen and oxygen atoms in total. The predicted octanol–water partition coefficient (Wildman–Crippen LogP) is 3.33. The molecule has 1 aromatic carbocycles. The van der Waals surface area contributed by atoms with Crippen LogP contribution in [-0.2, 0) is 13.1 Å². The fourth-order valence-corrected chi connectivity index (χ4v) is 3.21. The Hall–Kier alpha value is -2.14. The van der Waals surface area contributed by atoms with E-state index in [1.165, 1.54) is 9.75 Å². The molecule has 0 saturated heterocycles. The van der Waals surface area contributed by atoms with Gasteiger partial charge in [-0.2, -0.15) is 5.10 Å². The Balaban J connectivity index is 0.00000261. The van der Waals surface area contributed by atoms with Crippen molar-refractivity contribution < 1.29 is 4.74 Å². The predicted molar refractivity (Wildman–Crippen MR) is 120 cm³/mol. The molecular formula is C18H23IN6OS. The zero-order chi connectivity index (χ0) is 18.4. The van der Waals surface area contributed by atoms with E-state index in [2.05, 4.69) is 49.9 Å². The number of halogens is 1. The van der Waals surface area contributed by atoms with Crippen molar-refractivity contribution in [2.45, 2.75) is 20.0 Å². The third kappa shape index (κ3) is 5.93. The van der Waals surface area contributed by atoms with Crippen LogP contribution in [-0.4, -0.2) is 35.3 Å². The molecule has 0 radical (unpaired) electrons. The lowest BCUT2D eigenvalue weighted by atomic mass is 10.2. The Kier molecular flexibility index (Phi) is 8.04. The fourth-order valence-electron chi connectivity index (χ4n) is 2.38. The van der Waals surface area contributed by atoms with Crippen LogP contribution in [0.25, 0.3) is 11.4 Å². The van der Waals surface area contributed by atoms with Gasteiger partial charge in [-0.1, -0.05) is 0 Å². The largest absolute Gasteiger partial charge is 0.497 e. The van der Waals surface area contributed by atoms with Gasteiger partial charge >= 0.3 is 0 Å². The Bertz CT molecular complexity index is 874. The number of nitrogens with one attached hydrogen (secondary N) is 3. The number of guanidine groups is 1. The summed E-state index contributed by atoms with van der Waals surface area (Å²) in [7, 11) is 3.39. The smallest absolute Gasteiger partial charge is 0.191 e. The summed E-state index contributed by atoms with van der Waals surface area (Å²) in [6.07, 6.45) is 0. The Labute approximate surface area is 179 Å². The zero-order valence-corrected chi connectivity index (χ0v) is 18.6. The van der Waals surface area contributed by atoms with E-state index >= 15 is 0 Å². The molecule has 2 aromatic heterocycles. The number of ether oxygens (including phenoxy) is 1. The van der Waals surface area contributed by atoms with Crippen LogP contribution in [0.15, 0.2) is 41.4 Å². The van der Waals surface area contributed by atoms with Crippen LogP contribution in [0, 0.1) is 6.92 Å². The van der Waals surface area contributed by atoms with Crippen LogP contribution in [0.2, 0.25) is 0 Å². The van der Waals surface area contributed by atoms with E-state index in [4.69, 9.17) is 4.74 Å². The van der Waals surface area contributed by atoms with Crippen LogP contribution in [0.5, 0.6) is 5.75 Å². The topological polar surface area (TPSA) is 87.2 Å². The number of nitrogens with zero attached hydrogens (tertiary/aromatic N) is 3. The van der Waals surface area contributed by atoms with E-state index in [0.29, 0.717) is 12.4 Å². The normalized spacial score (nSPS) is 11.0. The summed E-state index contributed by atoms with van der Waals surface area (Å²) < 4.78 is 5.17. The molecule has 0 atom stereocenters. The van der Waals surface area contributed by atoms with Crippen molar-refractivity contribution in [3.05, 3.63) is 52.0 Å². The van der Waals surface area contributed by atoms with Crippen molar-refractivity contribution in [3.63, 3.8) is 0 Å². The molecule has 0 aliphatic carbocycles. The van der Waals surface area contributed by atoms with Gasteiger partial charge in [-0.3, -0.25) is 10.1 Å².